The molecule has 4 heteroatoms. The van der Waals surface area contributed by atoms with Crippen molar-refractivity contribution in [3.8, 4) is 0 Å². The van der Waals surface area contributed by atoms with Crippen LogP contribution >= 0.6 is 0 Å². The van der Waals surface area contributed by atoms with E-state index in [0.717, 1.165) is 12.8 Å². The number of carbonyl (C=O) groups excluding carboxylic acids is 1. The van der Waals surface area contributed by atoms with Crippen molar-refractivity contribution in [1.29, 1.82) is 0 Å². The molecule has 0 saturated heterocycles. The van der Waals surface area contributed by atoms with Crippen LogP contribution in [0.15, 0.2) is 12.2 Å². The maximum Gasteiger partial charge on any atom is 0.220 e. The molecule has 0 radical (unpaired) electrons. The van der Waals surface area contributed by atoms with Crippen molar-refractivity contribution < 1.29 is 15.0 Å². The second-order valence-corrected chi connectivity index (χ2v) is 13.3. The number of nitrogens with one attached hydrogen (secondary N) is 1. The van der Waals surface area contributed by atoms with Crippen molar-refractivity contribution in [3.05, 3.63) is 12.2 Å². The normalized spacial score (nSPS) is 13.1. The molecule has 0 aromatic carbocycles. The highest BCUT2D eigenvalue weighted by Gasteiger charge is 2.17. The van der Waals surface area contributed by atoms with E-state index in [1.807, 2.05) is 6.08 Å². The van der Waals surface area contributed by atoms with Crippen LogP contribution in [-0.4, -0.2) is 34.9 Å². The maximum absolute atomic E-state index is 11.4. The van der Waals surface area contributed by atoms with E-state index in [0.29, 0.717) is 6.42 Å². The molecule has 0 saturated carbocycles. The zero-order valence-corrected chi connectivity index (χ0v) is 29.2. The Morgan fingerprint density at radius 2 is 0.837 bits per heavy atom. The molecule has 3 N–H and O–H groups in total. The lowest BCUT2D eigenvalue weighted by Crippen LogP contribution is -2.44. The topological polar surface area (TPSA) is 69.6 Å². The van der Waals surface area contributed by atoms with Crippen molar-refractivity contribution in [2.45, 2.75) is 225 Å². The van der Waals surface area contributed by atoms with E-state index in [9.17, 15) is 15.0 Å². The molecular weight excluding hydrogens is 530 g/mol. The van der Waals surface area contributed by atoms with Gasteiger partial charge in [-0.25, -0.2) is 0 Å². The zero-order chi connectivity index (χ0) is 31.5. The summed E-state index contributed by atoms with van der Waals surface area (Å²) in [5.41, 5.74) is 0. The number of unbranched alkanes of at least 4 members (excludes halogenated alkanes) is 29. The largest absolute Gasteiger partial charge is 0.394 e. The zero-order valence-electron chi connectivity index (χ0n) is 29.2. The molecule has 1 amide bonds. The molecule has 0 fully saturated rings. The summed E-state index contributed by atoms with van der Waals surface area (Å²) < 4.78 is 0. The van der Waals surface area contributed by atoms with Gasteiger partial charge in [-0.2, -0.15) is 0 Å². The highest BCUT2D eigenvalue weighted by molar-refractivity contribution is 5.75. The fourth-order valence-electron chi connectivity index (χ4n) is 6.03. The Morgan fingerprint density at radius 1 is 0.535 bits per heavy atom. The smallest absolute Gasteiger partial charge is 0.220 e. The fourth-order valence-corrected chi connectivity index (χ4v) is 6.03. The van der Waals surface area contributed by atoms with E-state index in [2.05, 4.69) is 12.2 Å². The predicted molar refractivity (Wildman–Crippen MR) is 189 cm³/mol. The minimum absolute atomic E-state index is 0.151. The van der Waals surface area contributed by atoms with Crippen LogP contribution in [0.5, 0.6) is 0 Å². The van der Waals surface area contributed by atoms with Gasteiger partial charge >= 0.3 is 0 Å². The first-order chi connectivity index (χ1) is 21.2. The molecule has 4 nitrogen and oxygen atoms in total. The second-order valence-electron chi connectivity index (χ2n) is 13.3. The van der Waals surface area contributed by atoms with Gasteiger partial charge in [-0.15, -0.1) is 0 Å². The molecule has 0 aliphatic carbocycles. The van der Waals surface area contributed by atoms with Crippen LogP contribution in [0.4, 0.5) is 0 Å². The van der Waals surface area contributed by atoms with Crippen molar-refractivity contribution in [2.24, 2.45) is 0 Å². The average molecular weight is 608 g/mol. The molecule has 0 spiro atoms. The summed E-state index contributed by atoms with van der Waals surface area (Å²) in [6.07, 6.45) is 45.3. The molecule has 0 aliphatic heterocycles. The van der Waals surface area contributed by atoms with Crippen LogP contribution < -0.4 is 5.32 Å². The van der Waals surface area contributed by atoms with Crippen LogP contribution in [-0.2, 0) is 4.79 Å². The summed E-state index contributed by atoms with van der Waals surface area (Å²) in [7, 11) is 0. The first-order valence-electron chi connectivity index (χ1n) is 19.4. The lowest BCUT2D eigenvalue weighted by atomic mass is 10.0. The van der Waals surface area contributed by atoms with Gasteiger partial charge in [-0.05, 0) is 12.8 Å². The summed E-state index contributed by atoms with van der Waals surface area (Å²) in [5, 5.41) is 22.1. The van der Waals surface area contributed by atoms with E-state index in [-0.39, 0.29) is 12.5 Å². The van der Waals surface area contributed by atoms with E-state index < -0.39 is 12.1 Å². The summed E-state index contributed by atoms with van der Waals surface area (Å²) in [4.78, 5) is 11.4. The number of hydrogen-bond donors (Lipinski definition) is 3. The molecule has 0 heterocycles. The number of aliphatic hydroxyl groups excluding tert-OH is 2. The molecule has 0 aromatic heterocycles. The minimum atomic E-state index is -0.829. The molecule has 0 rings (SSSR count). The Balaban J connectivity index is 3.23. The molecule has 2 atom stereocenters. The molecule has 43 heavy (non-hydrogen) atoms. The Morgan fingerprint density at radius 3 is 1.12 bits per heavy atom. The van der Waals surface area contributed by atoms with Gasteiger partial charge in [0.15, 0.2) is 0 Å². The van der Waals surface area contributed by atoms with Crippen LogP contribution in [0.2, 0.25) is 0 Å². The molecule has 2 unspecified atom stereocenters. The maximum atomic E-state index is 11.4. The molecular formula is C39H77NO3. The third-order valence-corrected chi connectivity index (χ3v) is 9.08. The summed E-state index contributed by atoms with van der Waals surface area (Å²) in [6.45, 7) is 3.81. The number of rotatable bonds is 35. The number of hydrogen-bond acceptors (Lipinski definition) is 3. The SMILES string of the molecule is CCCCCCCCCCCCCCCCCCCCCCCCCCCCCCC/C=C/C(O)C(CO)NC(=O)CC. The lowest BCUT2D eigenvalue weighted by Gasteiger charge is -2.19. The van der Waals surface area contributed by atoms with Gasteiger partial charge < -0.3 is 15.5 Å². The van der Waals surface area contributed by atoms with Gasteiger partial charge in [0.05, 0.1) is 18.8 Å². The summed E-state index contributed by atoms with van der Waals surface area (Å²) >= 11 is 0. The van der Waals surface area contributed by atoms with Gasteiger partial charge in [-0.3, -0.25) is 4.79 Å². The van der Waals surface area contributed by atoms with Gasteiger partial charge in [0.1, 0.15) is 0 Å². The highest BCUT2D eigenvalue weighted by Crippen LogP contribution is 2.16. The van der Waals surface area contributed by atoms with Crippen LogP contribution in [0.25, 0.3) is 0 Å². The van der Waals surface area contributed by atoms with Gasteiger partial charge in [0.25, 0.3) is 0 Å². The average Bonchev–Trinajstić information content (AvgIpc) is 3.02. The Labute approximate surface area is 269 Å². The van der Waals surface area contributed by atoms with E-state index in [4.69, 9.17) is 0 Å². The van der Waals surface area contributed by atoms with Crippen molar-refractivity contribution in [2.75, 3.05) is 6.61 Å². The van der Waals surface area contributed by atoms with Crippen molar-refractivity contribution >= 4 is 5.91 Å². The van der Waals surface area contributed by atoms with Gasteiger partial charge in [0, 0.05) is 6.42 Å². The lowest BCUT2D eigenvalue weighted by molar-refractivity contribution is -0.122. The Hall–Kier alpha value is -0.870. The first-order valence-corrected chi connectivity index (χ1v) is 19.4. The van der Waals surface area contributed by atoms with Gasteiger partial charge in [-0.1, -0.05) is 206 Å². The second kappa shape index (κ2) is 35.6. The third kappa shape index (κ3) is 32.3. The Bertz CT molecular complexity index is 579. The molecule has 0 aliphatic rings. The quantitative estimate of drug-likeness (QED) is 0.0496. The van der Waals surface area contributed by atoms with E-state index >= 15 is 0 Å². The molecule has 0 aromatic rings. The first kappa shape index (κ1) is 42.1. The molecule has 0 bridgehead atoms. The van der Waals surface area contributed by atoms with Crippen LogP contribution in [0, 0.1) is 0 Å². The van der Waals surface area contributed by atoms with Gasteiger partial charge in [0.2, 0.25) is 5.91 Å². The van der Waals surface area contributed by atoms with Crippen molar-refractivity contribution in [1.82, 2.24) is 5.32 Å². The van der Waals surface area contributed by atoms with Crippen LogP contribution in [0.3, 0.4) is 0 Å². The predicted octanol–water partition coefficient (Wildman–Crippen LogP) is 11.5. The third-order valence-electron chi connectivity index (χ3n) is 9.08. The van der Waals surface area contributed by atoms with E-state index in [1.54, 1.807) is 13.0 Å². The number of amides is 1. The number of carbonyl (C=O) groups is 1. The van der Waals surface area contributed by atoms with Crippen molar-refractivity contribution in [3.63, 3.8) is 0 Å². The Kier molecular flexibility index (Phi) is 34.9. The highest BCUT2D eigenvalue weighted by atomic mass is 16.3. The minimum Gasteiger partial charge on any atom is -0.394 e. The molecule has 256 valence electrons. The number of allylic oxidation sites excluding steroid dienone is 1. The van der Waals surface area contributed by atoms with Crippen LogP contribution in [0.1, 0.15) is 213 Å². The monoisotopic (exact) mass is 608 g/mol. The standard InChI is InChI=1S/C39H77NO3/c1-3-5-6-7-8-9-10-11-12-13-14-15-16-17-18-19-20-21-22-23-24-25-26-27-28-29-30-31-32-33-34-35-38(42)37(36-41)40-39(43)4-2/h34-35,37-38,41-42H,3-33,36H2,1-2H3,(H,40,43)/b35-34+. The van der Waals surface area contributed by atoms with E-state index in [1.165, 1.54) is 180 Å². The fraction of sp³-hybridized carbons (Fsp3) is 0.923. The summed E-state index contributed by atoms with van der Waals surface area (Å²) in [6, 6.07) is -0.614. The number of aliphatic hydroxyl groups is 2. The summed E-state index contributed by atoms with van der Waals surface area (Å²) in [5.74, 6) is -0.151.